The number of alkyl halides is 4. The molecule has 1 aromatic carbocycles. The summed E-state index contributed by atoms with van der Waals surface area (Å²) in [6.45, 7) is -0.428. The molecule has 0 atom stereocenters. The summed E-state index contributed by atoms with van der Waals surface area (Å²) in [5.41, 5.74) is -2.09. The number of amides is 1. The van der Waals surface area contributed by atoms with Gasteiger partial charge in [0.1, 0.15) is 28.6 Å². The number of nitrogens with one attached hydrogen (secondary N) is 1. The maximum Gasteiger partial charge on any atom is 0.296 e. The molecule has 0 unspecified atom stereocenters. The second-order valence-electron chi connectivity index (χ2n) is 6.11. The number of nitro groups is 1. The molecule has 0 aliphatic rings. The van der Waals surface area contributed by atoms with E-state index in [1.807, 2.05) is 0 Å². The molecule has 31 heavy (non-hydrogen) atoms. The van der Waals surface area contributed by atoms with Crippen molar-refractivity contribution < 1.29 is 36.4 Å². The summed E-state index contributed by atoms with van der Waals surface area (Å²) in [5.74, 6) is -0.926. The number of nitro benzene ring substituents is 1. The Balaban J connectivity index is 1.79. The molecule has 0 spiro atoms. The molecule has 13 heteroatoms. The summed E-state index contributed by atoms with van der Waals surface area (Å²) < 4.78 is 62.5. The number of nitrogens with zero attached hydrogens (tertiary/aromatic N) is 3. The number of furan rings is 1. The number of halogens is 4. The molecule has 1 N–H and O–H groups in total. The lowest BCUT2D eigenvalue weighted by Gasteiger charge is -2.07. The normalized spacial score (nSPS) is 11.2. The third kappa shape index (κ3) is 4.82. The molecule has 0 saturated heterocycles. The number of hydrogen-bond donors (Lipinski definition) is 1. The molecule has 1 amide bonds. The van der Waals surface area contributed by atoms with E-state index >= 15 is 0 Å². The predicted octanol–water partition coefficient (Wildman–Crippen LogP) is 4.57. The van der Waals surface area contributed by atoms with Crippen molar-refractivity contribution in [1.82, 2.24) is 9.78 Å². The van der Waals surface area contributed by atoms with Crippen molar-refractivity contribution in [2.45, 2.75) is 19.4 Å². The lowest BCUT2D eigenvalue weighted by Crippen LogP contribution is -2.12. The number of rotatable bonds is 8. The van der Waals surface area contributed by atoms with Crippen LogP contribution in [0.5, 0.6) is 5.75 Å². The Morgan fingerprint density at radius 2 is 1.97 bits per heavy atom. The second-order valence-corrected chi connectivity index (χ2v) is 6.11. The summed E-state index contributed by atoms with van der Waals surface area (Å²) in [4.78, 5) is 22.9. The van der Waals surface area contributed by atoms with E-state index in [0.29, 0.717) is 10.7 Å². The zero-order valence-corrected chi connectivity index (χ0v) is 15.7. The lowest BCUT2D eigenvalue weighted by molar-refractivity contribution is -0.384. The Hall–Kier alpha value is -3.90. The number of aromatic nitrogens is 2. The Labute approximate surface area is 171 Å². The zero-order valence-electron chi connectivity index (χ0n) is 15.7. The Bertz CT molecular complexity index is 1110. The summed E-state index contributed by atoms with van der Waals surface area (Å²) in [6.07, 6.45) is -6.08. The molecule has 0 bridgehead atoms. The van der Waals surface area contributed by atoms with Crippen LogP contribution in [0, 0.1) is 10.1 Å². The van der Waals surface area contributed by atoms with Crippen LogP contribution < -0.4 is 10.1 Å². The number of carbonyl (C=O) groups is 1. The van der Waals surface area contributed by atoms with Crippen molar-refractivity contribution in [2.24, 2.45) is 0 Å². The zero-order chi connectivity index (χ0) is 22.7. The standard InChI is InChI=1S/C18H14F4N4O5/c1-30-9-2-4-11(13(6-9)26(28)29)23-18(27)15-5-3-10(31-15)8-25-14(17(21)22)7-12(24-25)16(19)20/h2-7,16-17H,8H2,1H3,(H,23,27). The average Bonchev–Trinajstić information content (AvgIpc) is 3.36. The van der Waals surface area contributed by atoms with Gasteiger partial charge in [-0.3, -0.25) is 19.6 Å². The van der Waals surface area contributed by atoms with Crippen molar-refractivity contribution in [2.75, 3.05) is 12.4 Å². The van der Waals surface area contributed by atoms with Gasteiger partial charge in [-0.1, -0.05) is 0 Å². The van der Waals surface area contributed by atoms with Crippen molar-refractivity contribution in [1.29, 1.82) is 0 Å². The van der Waals surface area contributed by atoms with Crippen LogP contribution in [-0.4, -0.2) is 27.7 Å². The van der Waals surface area contributed by atoms with Gasteiger partial charge in [-0.25, -0.2) is 17.6 Å². The minimum atomic E-state index is -3.05. The minimum absolute atomic E-state index is 0.0137. The number of carbonyl (C=O) groups excluding carboxylic acids is 1. The van der Waals surface area contributed by atoms with Gasteiger partial charge in [-0.2, -0.15) is 5.10 Å². The third-order valence-electron chi connectivity index (χ3n) is 4.12. The summed E-state index contributed by atoms with van der Waals surface area (Å²) in [5, 5.41) is 17.0. The second kappa shape index (κ2) is 8.85. The van der Waals surface area contributed by atoms with Crippen LogP contribution >= 0.6 is 0 Å². The van der Waals surface area contributed by atoms with E-state index in [4.69, 9.17) is 9.15 Å². The number of methoxy groups -OCH3 is 1. The first-order valence-electron chi connectivity index (χ1n) is 8.56. The average molecular weight is 442 g/mol. The van der Waals surface area contributed by atoms with Crippen LogP contribution in [-0.2, 0) is 6.54 Å². The fraction of sp³-hybridized carbons (Fsp3) is 0.222. The Kier molecular flexibility index (Phi) is 6.22. The molecular weight excluding hydrogens is 428 g/mol. The summed E-state index contributed by atoms with van der Waals surface area (Å²) in [7, 11) is 1.32. The molecule has 0 aliphatic carbocycles. The maximum absolute atomic E-state index is 13.1. The van der Waals surface area contributed by atoms with Crippen LogP contribution in [0.15, 0.2) is 40.8 Å². The SMILES string of the molecule is COc1ccc(NC(=O)c2ccc(Cn3nc(C(F)F)cc3C(F)F)o2)c([N+](=O)[O-])c1. The first-order valence-corrected chi connectivity index (χ1v) is 8.56. The molecule has 2 heterocycles. The van der Waals surface area contributed by atoms with E-state index < -0.39 is 47.3 Å². The van der Waals surface area contributed by atoms with E-state index in [2.05, 4.69) is 10.4 Å². The molecule has 0 aliphatic heterocycles. The molecular formula is C18H14F4N4O5. The van der Waals surface area contributed by atoms with E-state index in [1.54, 1.807) is 0 Å². The van der Waals surface area contributed by atoms with Gasteiger partial charge < -0.3 is 14.5 Å². The van der Waals surface area contributed by atoms with Gasteiger partial charge in [0.15, 0.2) is 5.76 Å². The topological polar surface area (TPSA) is 112 Å². The first kappa shape index (κ1) is 21.8. The van der Waals surface area contributed by atoms with Crippen LogP contribution in [0.25, 0.3) is 0 Å². The number of anilines is 1. The van der Waals surface area contributed by atoms with Crippen LogP contribution in [0.2, 0.25) is 0 Å². The summed E-state index contributed by atoms with van der Waals surface area (Å²) in [6, 6.07) is 6.86. The highest BCUT2D eigenvalue weighted by Crippen LogP contribution is 2.30. The molecule has 2 aromatic heterocycles. The van der Waals surface area contributed by atoms with E-state index in [0.717, 1.165) is 6.07 Å². The van der Waals surface area contributed by atoms with Gasteiger partial charge in [0.25, 0.3) is 24.4 Å². The highest BCUT2D eigenvalue weighted by Gasteiger charge is 2.23. The van der Waals surface area contributed by atoms with Crippen molar-refractivity contribution in [3.05, 3.63) is 69.4 Å². The number of benzene rings is 1. The molecule has 0 saturated carbocycles. The highest BCUT2D eigenvalue weighted by molar-refractivity contribution is 6.03. The van der Waals surface area contributed by atoms with Gasteiger partial charge in [-0.15, -0.1) is 0 Å². The lowest BCUT2D eigenvalue weighted by atomic mass is 10.2. The van der Waals surface area contributed by atoms with Crippen molar-refractivity contribution in [3.63, 3.8) is 0 Å². The molecule has 0 fully saturated rings. The third-order valence-corrected chi connectivity index (χ3v) is 4.12. The molecule has 164 valence electrons. The minimum Gasteiger partial charge on any atom is -0.496 e. The van der Waals surface area contributed by atoms with E-state index in [9.17, 15) is 32.5 Å². The van der Waals surface area contributed by atoms with E-state index in [-0.39, 0.29) is 23.0 Å². The van der Waals surface area contributed by atoms with Gasteiger partial charge >= 0.3 is 0 Å². The van der Waals surface area contributed by atoms with Gasteiger partial charge in [-0.05, 0) is 30.3 Å². The molecule has 3 aromatic rings. The smallest absolute Gasteiger partial charge is 0.296 e. The summed E-state index contributed by atoms with van der Waals surface area (Å²) >= 11 is 0. The van der Waals surface area contributed by atoms with E-state index in [1.165, 1.54) is 31.4 Å². The first-order chi connectivity index (χ1) is 14.7. The Morgan fingerprint density at radius 3 is 2.58 bits per heavy atom. The highest BCUT2D eigenvalue weighted by atomic mass is 19.3. The van der Waals surface area contributed by atoms with Crippen LogP contribution in [0.1, 0.15) is 40.6 Å². The fourth-order valence-corrected chi connectivity index (χ4v) is 2.67. The molecule has 0 radical (unpaired) electrons. The predicted molar refractivity (Wildman–Crippen MR) is 97.6 cm³/mol. The van der Waals surface area contributed by atoms with Gasteiger partial charge in [0.05, 0.1) is 24.6 Å². The van der Waals surface area contributed by atoms with Crippen molar-refractivity contribution in [3.8, 4) is 5.75 Å². The molecule has 9 nitrogen and oxygen atoms in total. The van der Waals surface area contributed by atoms with Gasteiger partial charge in [0, 0.05) is 0 Å². The van der Waals surface area contributed by atoms with Crippen LogP contribution in [0.3, 0.4) is 0 Å². The largest absolute Gasteiger partial charge is 0.496 e. The molecule has 3 rings (SSSR count). The number of hydrogen-bond acceptors (Lipinski definition) is 6. The monoisotopic (exact) mass is 442 g/mol. The van der Waals surface area contributed by atoms with Crippen molar-refractivity contribution >= 4 is 17.3 Å². The van der Waals surface area contributed by atoms with Crippen LogP contribution in [0.4, 0.5) is 28.9 Å². The van der Waals surface area contributed by atoms with Gasteiger partial charge in [0.2, 0.25) is 0 Å². The number of ether oxygens (including phenoxy) is 1. The quantitative estimate of drug-likeness (QED) is 0.311. The Morgan fingerprint density at radius 1 is 1.23 bits per heavy atom. The fourth-order valence-electron chi connectivity index (χ4n) is 2.67. The maximum atomic E-state index is 13.1.